The highest BCUT2D eigenvalue weighted by Crippen LogP contribution is 2.49. The van der Waals surface area contributed by atoms with Crippen LogP contribution < -0.4 is 24.3 Å². The first-order valence-corrected chi connectivity index (χ1v) is 8.78. The minimum Gasteiger partial charge on any atom is -0.454 e. The Morgan fingerprint density at radius 3 is 2.39 bits per heavy atom. The second-order valence-electron chi connectivity index (χ2n) is 6.82. The van der Waals surface area contributed by atoms with Gasteiger partial charge in [0.1, 0.15) is 0 Å². The van der Waals surface area contributed by atoms with Crippen molar-refractivity contribution in [2.24, 2.45) is 0 Å². The third kappa shape index (κ3) is 1.82. The van der Waals surface area contributed by atoms with Crippen molar-refractivity contribution in [1.82, 2.24) is 5.32 Å². The lowest BCUT2D eigenvalue weighted by molar-refractivity contribution is 0.0879. The SMILES string of the molecule is Cc1c2c(c(-c3ccc4c(c3)OCO4)c3c4c(ccc13)OCO4)C(=O)NC2=O. The van der Waals surface area contributed by atoms with Crippen molar-refractivity contribution in [1.29, 1.82) is 0 Å². The van der Waals surface area contributed by atoms with Gasteiger partial charge in [0.15, 0.2) is 23.0 Å². The monoisotopic (exact) mass is 375 g/mol. The van der Waals surface area contributed by atoms with Gasteiger partial charge in [0.25, 0.3) is 11.8 Å². The summed E-state index contributed by atoms with van der Waals surface area (Å²) < 4.78 is 22.2. The molecule has 2 amide bonds. The molecule has 0 saturated heterocycles. The number of benzene rings is 3. The number of ether oxygens (including phenoxy) is 4. The van der Waals surface area contributed by atoms with E-state index in [1.807, 2.05) is 31.2 Å². The highest BCUT2D eigenvalue weighted by atomic mass is 16.7. The van der Waals surface area contributed by atoms with Crippen LogP contribution in [-0.4, -0.2) is 25.4 Å². The van der Waals surface area contributed by atoms with E-state index in [1.165, 1.54) is 0 Å². The van der Waals surface area contributed by atoms with Crippen LogP contribution in [0.25, 0.3) is 21.9 Å². The van der Waals surface area contributed by atoms with E-state index < -0.39 is 5.91 Å². The van der Waals surface area contributed by atoms with Gasteiger partial charge in [0, 0.05) is 10.9 Å². The van der Waals surface area contributed by atoms with Gasteiger partial charge in [-0.2, -0.15) is 0 Å². The Bertz CT molecular complexity index is 1250. The van der Waals surface area contributed by atoms with Crippen molar-refractivity contribution in [3.63, 3.8) is 0 Å². The van der Waals surface area contributed by atoms with Gasteiger partial charge in [-0.3, -0.25) is 14.9 Å². The van der Waals surface area contributed by atoms with Crippen LogP contribution in [0.4, 0.5) is 0 Å². The molecule has 28 heavy (non-hydrogen) atoms. The molecule has 0 spiro atoms. The van der Waals surface area contributed by atoms with Crippen LogP contribution in [0, 0.1) is 6.92 Å². The first kappa shape index (κ1) is 15.3. The zero-order chi connectivity index (χ0) is 19.0. The number of carbonyl (C=O) groups is 2. The summed E-state index contributed by atoms with van der Waals surface area (Å²) in [6, 6.07) is 9.18. The predicted molar refractivity (Wildman–Crippen MR) is 98.2 cm³/mol. The van der Waals surface area contributed by atoms with E-state index in [9.17, 15) is 9.59 Å². The minimum absolute atomic E-state index is 0.107. The van der Waals surface area contributed by atoms with E-state index in [0.29, 0.717) is 39.7 Å². The fourth-order valence-electron chi connectivity index (χ4n) is 4.18. The molecule has 7 nitrogen and oxygen atoms in total. The lowest BCUT2D eigenvalue weighted by Gasteiger charge is -2.16. The van der Waals surface area contributed by atoms with Gasteiger partial charge in [-0.25, -0.2) is 0 Å². The Labute approximate surface area is 158 Å². The van der Waals surface area contributed by atoms with Crippen LogP contribution in [0.1, 0.15) is 26.3 Å². The predicted octanol–water partition coefficient (Wildman–Crippen LogP) is 3.16. The molecule has 6 rings (SSSR count). The fourth-order valence-corrected chi connectivity index (χ4v) is 4.18. The van der Waals surface area contributed by atoms with Crippen LogP contribution in [0.2, 0.25) is 0 Å². The highest BCUT2D eigenvalue weighted by molar-refractivity contribution is 6.29. The zero-order valence-electron chi connectivity index (χ0n) is 14.8. The molecule has 0 radical (unpaired) electrons. The largest absolute Gasteiger partial charge is 0.454 e. The van der Waals surface area contributed by atoms with Crippen molar-refractivity contribution in [3.05, 3.63) is 47.0 Å². The van der Waals surface area contributed by atoms with E-state index in [2.05, 4.69) is 5.32 Å². The van der Waals surface area contributed by atoms with Gasteiger partial charge in [-0.05, 0) is 41.6 Å². The second-order valence-corrected chi connectivity index (χ2v) is 6.82. The molecule has 3 aliphatic heterocycles. The average molecular weight is 375 g/mol. The number of imide groups is 1. The van der Waals surface area contributed by atoms with Crippen LogP contribution in [0.15, 0.2) is 30.3 Å². The summed E-state index contributed by atoms with van der Waals surface area (Å²) in [6.45, 7) is 2.10. The summed E-state index contributed by atoms with van der Waals surface area (Å²) in [5.41, 5.74) is 2.83. The summed E-state index contributed by atoms with van der Waals surface area (Å²) in [4.78, 5) is 25.3. The summed E-state index contributed by atoms with van der Waals surface area (Å²) in [5.74, 6) is 1.60. The lowest BCUT2D eigenvalue weighted by Crippen LogP contribution is -2.20. The van der Waals surface area contributed by atoms with Crippen LogP contribution in [-0.2, 0) is 0 Å². The number of amides is 2. The van der Waals surface area contributed by atoms with Gasteiger partial charge in [0.05, 0.1) is 11.1 Å². The maximum absolute atomic E-state index is 12.7. The Kier molecular flexibility index (Phi) is 2.83. The van der Waals surface area contributed by atoms with Crippen molar-refractivity contribution in [2.45, 2.75) is 6.92 Å². The molecule has 7 heteroatoms. The standard InChI is InChI=1S/C21H13NO6/c1-9-11-3-5-13-19(28-8-26-13)17(11)16(18-15(9)20(23)22-21(18)24)10-2-4-12-14(6-10)27-7-25-12/h2-6H,7-8H2,1H3,(H,22,23,24). The third-order valence-corrected chi connectivity index (χ3v) is 5.41. The van der Waals surface area contributed by atoms with Crippen molar-refractivity contribution in [2.75, 3.05) is 13.6 Å². The molecule has 0 aliphatic carbocycles. The maximum Gasteiger partial charge on any atom is 0.259 e. The Balaban J connectivity index is 1.80. The van der Waals surface area contributed by atoms with E-state index in [4.69, 9.17) is 18.9 Å². The zero-order valence-corrected chi connectivity index (χ0v) is 14.8. The number of rotatable bonds is 1. The molecule has 0 atom stereocenters. The molecule has 3 aromatic carbocycles. The molecule has 3 aliphatic rings. The number of fused-ring (bicyclic) bond motifs is 5. The molecule has 0 aromatic heterocycles. The average Bonchev–Trinajstić information content (AvgIpc) is 3.40. The van der Waals surface area contributed by atoms with Gasteiger partial charge in [-0.15, -0.1) is 0 Å². The van der Waals surface area contributed by atoms with Gasteiger partial charge in [0.2, 0.25) is 13.6 Å². The third-order valence-electron chi connectivity index (χ3n) is 5.41. The molecular formula is C21H13NO6. The van der Waals surface area contributed by atoms with Crippen molar-refractivity contribution in [3.8, 4) is 34.1 Å². The van der Waals surface area contributed by atoms with E-state index in [-0.39, 0.29) is 19.5 Å². The van der Waals surface area contributed by atoms with E-state index in [0.717, 1.165) is 21.9 Å². The lowest BCUT2D eigenvalue weighted by atomic mass is 9.86. The normalized spacial score (nSPS) is 15.9. The molecule has 0 saturated carbocycles. The summed E-state index contributed by atoms with van der Waals surface area (Å²) in [7, 11) is 0. The van der Waals surface area contributed by atoms with Crippen LogP contribution >= 0.6 is 0 Å². The molecule has 0 fully saturated rings. The summed E-state index contributed by atoms with van der Waals surface area (Å²) in [6.07, 6.45) is 0. The summed E-state index contributed by atoms with van der Waals surface area (Å²) >= 11 is 0. The highest BCUT2D eigenvalue weighted by Gasteiger charge is 2.36. The molecule has 0 bridgehead atoms. The number of carbonyl (C=O) groups excluding carboxylic acids is 2. The van der Waals surface area contributed by atoms with Gasteiger partial charge in [-0.1, -0.05) is 12.1 Å². The first-order chi connectivity index (χ1) is 13.6. The molecule has 1 N–H and O–H groups in total. The van der Waals surface area contributed by atoms with Gasteiger partial charge < -0.3 is 18.9 Å². The van der Waals surface area contributed by atoms with E-state index >= 15 is 0 Å². The Morgan fingerprint density at radius 1 is 0.786 bits per heavy atom. The Morgan fingerprint density at radius 2 is 1.50 bits per heavy atom. The maximum atomic E-state index is 12.7. The number of hydrogen-bond acceptors (Lipinski definition) is 6. The molecular weight excluding hydrogens is 362 g/mol. The second kappa shape index (κ2) is 5.16. The fraction of sp³-hybridized carbons (Fsp3) is 0.143. The van der Waals surface area contributed by atoms with Crippen LogP contribution in [0.5, 0.6) is 23.0 Å². The first-order valence-electron chi connectivity index (χ1n) is 8.78. The topological polar surface area (TPSA) is 83.1 Å². The molecule has 3 heterocycles. The number of aryl methyl sites for hydroxylation is 1. The molecule has 138 valence electrons. The van der Waals surface area contributed by atoms with Crippen molar-refractivity contribution >= 4 is 22.6 Å². The number of nitrogens with one attached hydrogen (secondary N) is 1. The van der Waals surface area contributed by atoms with Gasteiger partial charge >= 0.3 is 0 Å². The van der Waals surface area contributed by atoms with Crippen molar-refractivity contribution < 1.29 is 28.5 Å². The van der Waals surface area contributed by atoms with Crippen LogP contribution in [0.3, 0.4) is 0 Å². The number of hydrogen-bond donors (Lipinski definition) is 1. The molecule has 3 aromatic rings. The smallest absolute Gasteiger partial charge is 0.259 e. The van der Waals surface area contributed by atoms with E-state index in [1.54, 1.807) is 6.07 Å². The minimum atomic E-state index is -0.422. The molecule has 0 unspecified atom stereocenters. The quantitative estimate of drug-likeness (QED) is 0.658. The Hall–Kier alpha value is -3.74. The summed E-state index contributed by atoms with van der Waals surface area (Å²) in [5, 5.41) is 4.00.